The molecule has 0 amide bonds. The Balaban J connectivity index is 0.000000606. The van der Waals surface area contributed by atoms with Gasteiger partial charge in [0.1, 0.15) is 0 Å². The molecule has 0 aliphatic carbocycles. The first-order valence-corrected chi connectivity index (χ1v) is 6.34. The number of benzene rings is 1. The molecule has 2 rings (SSSR count). The van der Waals surface area contributed by atoms with Crippen molar-refractivity contribution in [1.82, 2.24) is 5.32 Å². The molecule has 0 aromatic heterocycles. The van der Waals surface area contributed by atoms with Crippen LogP contribution < -0.4 is 11.1 Å². The van der Waals surface area contributed by atoms with Gasteiger partial charge in [0, 0.05) is 12.0 Å². The molecule has 1 aliphatic heterocycles. The number of rotatable bonds is 2. The number of nitrogens with two attached hydrogens (primary N) is 1. The molecule has 3 N–H and O–H groups in total. The number of nitrogens with one attached hydrogen (secondary N) is 1. The van der Waals surface area contributed by atoms with Crippen LogP contribution in [0.5, 0.6) is 0 Å². The van der Waals surface area contributed by atoms with Crippen molar-refractivity contribution >= 4 is 0 Å². The topological polar surface area (TPSA) is 38.0 Å². The van der Waals surface area contributed by atoms with Gasteiger partial charge in [-0.3, -0.25) is 0 Å². The Bertz CT molecular complexity index is 276. The predicted molar refractivity (Wildman–Crippen MR) is 70.6 cm³/mol. The van der Waals surface area contributed by atoms with Crippen molar-refractivity contribution in [3.63, 3.8) is 0 Å². The average Bonchev–Trinajstić information content (AvgIpc) is 2.43. The lowest BCUT2D eigenvalue weighted by molar-refractivity contribution is 0.315. The van der Waals surface area contributed by atoms with Crippen molar-refractivity contribution in [2.75, 3.05) is 19.6 Å². The van der Waals surface area contributed by atoms with E-state index < -0.39 is 0 Å². The second-order valence-electron chi connectivity index (χ2n) is 4.10. The lowest BCUT2D eigenvalue weighted by Crippen LogP contribution is -2.44. The molecule has 1 aromatic rings. The molecule has 0 saturated carbocycles. The largest absolute Gasteiger partial charge is 0.330 e. The van der Waals surface area contributed by atoms with Gasteiger partial charge in [-0.1, -0.05) is 44.2 Å². The van der Waals surface area contributed by atoms with Crippen LogP contribution in [0.15, 0.2) is 30.3 Å². The van der Waals surface area contributed by atoms with Crippen molar-refractivity contribution in [3.05, 3.63) is 35.9 Å². The van der Waals surface area contributed by atoms with Gasteiger partial charge in [-0.2, -0.15) is 0 Å². The van der Waals surface area contributed by atoms with Crippen LogP contribution in [0.4, 0.5) is 0 Å². The Hall–Kier alpha value is -0.860. The summed E-state index contributed by atoms with van der Waals surface area (Å²) in [5.74, 6) is 0. The second-order valence-corrected chi connectivity index (χ2v) is 4.10. The fourth-order valence-corrected chi connectivity index (χ4v) is 2.31. The number of piperidine rings is 1. The predicted octanol–water partition coefficient (Wildman–Crippen LogP) is 2.29. The first-order chi connectivity index (χ1) is 7.87. The van der Waals surface area contributed by atoms with Crippen molar-refractivity contribution in [2.45, 2.75) is 32.1 Å². The number of hydrogen-bond donors (Lipinski definition) is 2. The van der Waals surface area contributed by atoms with E-state index in [1.165, 1.54) is 5.56 Å². The Morgan fingerprint density at radius 2 is 1.69 bits per heavy atom. The van der Waals surface area contributed by atoms with E-state index in [0.717, 1.165) is 32.5 Å². The van der Waals surface area contributed by atoms with E-state index >= 15 is 0 Å². The molecule has 0 bridgehead atoms. The maximum absolute atomic E-state index is 5.94. The summed E-state index contributed by atoms with van der Waals surface area (Å²) in [6.45, 7) is 6.94. The van der Waals surface area contributed by atoms with E-state index in [2.05, 4.69) is 35.6 Å². The van der Waals surface area contributed by atoms with Crippen LogP contribution in [0.25, 0.3) is 0 Å². The van der Waals surface area contributed by atoms with Crippen molar-refractivity contribution < 1.29 is 0 Å². The van der Waals surface area contributed by atoms with Gasteiger partial charge in [0.05, 0.1) is 0 Å². The van der Waals surface area contributed by atoms with Crippen LogP contribution in [0.2, 0.25) is 0 Å². The minimum atomic E-state index is 0.229. The fraction of sp³-hybridized carbons (Fsp3) is 0.571. The summed E-state index contributed by atoms with van der Waals surface area (Å²) in [5.41, 5.74) is 7.58. The van der Waals surface area contributed by atoms with Crippen LogP contribution >= 0.6 is 0 Å². The summed E-state index contributed by atoms with van der Waals surface area (Å²) in [6, 6.07) is 10.7. The van der Waals surface area contributed by atoms with Crippen molar-refractivity contribution in [2.24, 2.45) is 5.73 Å². The van der Waals surface area contributed by atoms with E-state index in [-0.39, 0.29) is 5.41 Å². The highest BCUT2D eigenvalue weighted by Gasteiger charge is 2.31. The summed E-state index contributed by atoms with van der Waals surface area (Å²) < 4.78 is 0. The monoisotopic (exact) mass is 220 g/mol. The minimum Gasteiger partial charge on any atom is -0.330 e. The van der Waals surface area contributed by atoms with Crippen molar-refractivity contribution in [1.29, 1.82) is 0 Å². The van der Waals surface area contributed by atoms with E-state index in [1.54, 1.807) is 0 Å². The summed E-state index contributed by atoms with van der Waals surface area (Å²) in [6.07, 6.45) is 2.32. The lowest BCUT2D eigenvalue weighted by Gasteiger charge is -2.37. The van der Waals surface area contributed by atoms with Gasteiger partial charge in [-0.25, -0.2) is 0 Å². The molecule has 16 heavy (non-hydrogen) atoms. The number of hydrogen-bond acceptors (Lipinski definition) is 2. The van der Waals surface area contributed by atoms with Gasteiger partial charge in [-0.05, 0) is 31.5 Å². The summed E-state index contributed by atoms with van der Waals surface area (Å²) >= 11 is 0. The molecule has 2 nitrogen and oxygen atoms in total. The lowest BCUT2D eigenvalue weighted by atomic mass is 9.73. The summed E-state index contributed by atoms with van der Waals surface area (Å²) in [4.78, 5) is 0. The maximum atomic E-state index is 5.94. The van der Waals surface area contributed by atoms with Crippen LogP contribution in [-0.2, 0) is 5.41 Å². The molecule has 90 valence electrons. The van der Waals surface area contributed by atoms with Crippen LogP contribution in [0.1, 0.15) is 32.3 Å². The summed E-state index contributed by atoms with van der Waals surface area (Å²) in [5, 5.41) is 3.39. The van der Waals surface area contributed by atoms with Crippen molar-refractivity contribution in [3.8, 4) is 0 Å². The third-order valence-electron chi connectivity index (χ3n) is 3.34. The van der Waals surface area contributed by atoms with E-state index in [1.807, 2.05) is 13.8 Å². The zero-order valence-electron chi connectivity index (χ0n) is 10.5. The SMILES string of the molecule is CC.NCC1(c2ccccc2)CCNCC1. The van der Waals surface area contributed by atoms with Crippen LogP contribution in [0, 0.1) is 0 Å². The first-order valence-electron chi connectivity index (χ1n) is 6.34. The Kier molecular flexibility index (Phi) is 5.50. The molecule has 1 saturated heterocycles. The third-order valence-corrected chi connectivity index (χ3v) is 3.34. The molecule has 1 aromatic carbocycles. The molecular formula is C14H24N2. The second kappa shape index (κ2) is 6.66. The molecule has 1 heterocycles. The Morgan fingerprint density at radius 1 is 1.12 bits per heavy atom. The molecule has 0 radical (unpaired) electrons. The molecule has 1 fully saturated rings. The van der Waals surface area contributed by atoms with E-state index in [9.17, 15) is 0 Å². The Labute approximate surface area is 99.2 Å². The molecule has 0 spiro atoms. The quantitative estimate of drug-likeness (QED) is 0.802. The van der Waals surface area contributed by atoms with Gasteiger partial charge < -0.3 is 11.1 Å². The van der Waals surface area contributed by atoms with Gasteiger partial charge in [-0.15, -0.1) is 0 Å². The smallest absolute Gasteiger partial charge is 0.00996 e. The Morgan fingerprint density at radius 3 is 2.19 bits per heavy atom. The normalized spacial score (nSPS) is 18.4. The maximum Gasteiger partial charge on any atom is 0.00996 e. The minimum absolute atomic E-state index is 0.229. The molecule has 0 unspecified atom stereocenters. The molecule has 1 aliphatic rings. The fourth-order valence-electron chi connectivity index (χ4n) is 2.31. The molecule has 2 heteroatoms. The van der Waals surface area contributed by atoms with E-state index in [4.69, 9.17) is 5.73 Å². The average molecular weight is 220 g/mol. The highest BCUT2D eigenvalue weighted by atomic mass is 14.9. The molecule has 0 atom stereocenters. The first kappa shape index (κ1) is 13.2. The highest BCUT2D eigenvalue weighted by molar-refractivity contribution is 5.26. The van der Waals surface area contributed by atoms with Gasteiger partial charge in [0.15, 0.2) is 0 Å². The third kappa shape index (κ3) is 2.83. The van der Waals surface area contributed by atoms with Gasteiger partial charge in [0.25, 0.3) is 0 Å². The van der Waals surface area contributed by atoms with Gasteiger partial charge >= 0.3 is 0 Å². The molecular weight excluding hydrogens is 196 g/mol. The van der Waals surface area contributed by atoms with Crippen LogP contribution in [0.3, 0.4) is 0 Å². The zero-order chi connectivity index (χ0) is 11.9. The highest BCUT2D eigenvalue weighted by Crippen LogP contribution is 2.31. The van der Waals surface area contributed by atoms with Gasteiger partial charge in [0.2, 0.25) is 0 Å². The standard InChI is InChI=1S/C12H18N2.C2H6/c13-10-12(6-8-14-9-7-12)11-4-2-1-3-5-11;1-2/h1-5,14H,6-10,13H2;1-2H3. The summed E-state index contributed by atoms with van der Waals surface area (Å²) in [7, 11) is 0. The van der Waals surface area contributed by atoms with Crippen LogP contribution in [-0.4, -0.2) is 19.6 Å². The zero-order valence-corrected chi connectivity index (χ0v) is 10.5. The van der Waals surface area contributed by atoms with E-state index in [0.29, 0.717) is 0 Å².